The number of fused-ring (bicyclic) bond motifs is 1. The van der Waals surface area contributed by atoms with E-state index >= 15 is 0 Å². The van der Waals surface area contributed by atoms with Gasteiger partial charge in [0.1, 0.15) is 0 Å². The monoisotopic (exact) mass is 345 g/mol. The van der Waals surface area contributed by atoms with E-state index in [4.69, 9.17) is 9.47 Å². The highest BCUT2D eigenvalue weighted by Crippen LogP contribution is 2.34. The second kappa shape index (κ2) is 6.56. The molecule has 3 aromatic rings. The molecule has 4 nitrogen and oxygen atoms in total. The Bertz CT molecular complexity index is 883. The Morgan fingerprint density at radius 1 is 0.846 bits per heavy atom. The summed E-state index contributed by atoms with van der Waals surface area (Å²) in [7, 11) is 0. The third-order valence-electron chi connectivity index (χ3n) is 4.70. The van der Waals surface area contributed by atoms with Crippen molar-refractivity contribution in [2.24, 2.45) is 0 Å². The molecule has 3 aromatic carbocycles. The predicted molar refractivity (Wildman–Crippen MR) is 99.4 cm³/mol. The SMILES string of the molecule is CC(NC(=O)c1ccc2c(c1)OCO2)(c1ccccc1)c1ccccc1. The molecule has 0 aliphatic carbocycles. The van der Waals surface area contributed by atoms with Crippen LogP contribution in [-0.4, -0.2) is 12.7 Å². The molecule has 0 atom stereocenters. The van der Waals surface area contributed by atoms with Crippen molar-refractivity contribution in [2.75, 3.05) is 6.79 Å². The highest BCUT2D eigenvalue weighted by Gasteiger charge is 2.31. The molecule has 1 aliphatic rings. The van der Waals surface area contributed by atoms with Gasteiger partial charge in [-0.1, -0.05) is 60.7 Å². The summed E-state index contributed by atoms with van der Waals surface area (Å²) in [5.41, 5.74) is 1.91. The van der Waals surface area contributed by atoms with Gasteiger partial charge in [0.05, 0.1) is 5.54 Å². The summed E-state index contributed by atoms with van der Waals surface area (Å²) in [6.07, 6.45) is 0. The van der Waals surface area contributed by atoms with Crippen LogP contribution in [0.3, 0.4) is 0 Å². The van der Waals surface area contributed by atoms with Gasteiger partial charge in [-0.3, -0.25) is 4.79 Å². The van der Waals surface area contributed by atoms with Crippen molar-refractivity contribution in [3.8, 4) is 11.5 Å². The van der Waals surface area contributed by atoms with Crippen LogP contribution in [0.25, 0.3) is 0 Å². The molecule has 0 fully saturated rings. The van der Waals surface area contributed by atoms with Gasteiger partial charge in [-0.2, -0.15) is 0 Å². The van der Waals surface area contributed by atoms with Crippen molar-refractivity contribution in [1.82, 2.24) is 5.32 Å². The van der Waals surface area contributed by atoms with Gasteiger partial charge in [0.15, 0.2) is 11.5 Å². The zero-order valence-corrected chi connectivity index (χ0v) is 14.4. The molecule has 0 saturated carbocycles. The van der Waals surface area contributed by atoms with Gasteiger partial charge in [-0.05, 0) is 36.2 Å². The number of ether oxygens (including phenoxy) is 2. The Hall–Kier alpha value is -3.27. The van der Waals surface area contributed by atoms with Gasteiger partial charge in [0, 0.05) is 5.56 Å². The molecule has 0 aromatic heterocycles. The summed E-state index contributed by atoms with van der Waals surface area (Å²) in [5.74, 6) is 1.09. The minimum atomic E-state index is -0.657. The zero-order chi connectivity index (χ0) is 18.0. The standard InChI is InChI=1S/C22H19NO3/c1-22(17-8-4-2-5-9-17,18-10-6-3-7-11-18)23-21(24)16-12-13-19-20(14-16)26-15-25-19/h2-14H,15H2,1H3,(H,23,24). The second-order valence-electron chi connectivity index (χ2n) is 6.38. The van der Waals surface area contributed by atoms with Crippen LogP contribution in [0.2, 0.25) is 0 Å². The molecule has 4 rings (SSSR count). The molecule has 1 N–H and O–H groups in total. The summed E-state index contributed by atoms with van der Waals surface area (Å²) in [4.78, 5) is 13.0. The van der Waals surface area contributed by atoms with E-state index in [1.807, 2.05) is 67.6 Å². The van der Waals surface area contributed by atoms with Crippen molar-refractivity contribution in [2.45, 2.75) is 12.5 Å². The van der Waals surface area contributed by atoms with Crippen LogP contribution in [0.1, 0.15) is 28.4 Å². The maximum atomic E-state index is 13.0. The van der Waals surface area contributed by atoms with E-state index in [0.29, 0.717) is 17.1 Å². The Morgan fingerprint density at radius 2 is 1.42 bits per heavy atom. The first-order valence-corrected chi connectivity index (χ1v) is 8.50. The van der Waals surface area contributed by atoms with Crippen LogP contribution in [-0.2, 0) is 5.54 Å². The Morgan fingerprint density at radius 3 is 2.04 bits per heavy atom. The average molecular weight is 345 g/mol. The molecular formula is C22H19NO3. The lowest BCUT2D eigenvalue weighted by molar-refractivity contribution is 0.0918. The largest absolute Gasteiger partial charge is 0.454 e. The lowest BCUT2D eigenvalue weighted by Crippen LogP contribution is -2.44. The molecule has 26 heavy (non-hydrogen) atoms. The smallest absolute Gasteiger partial charge is 0.252 e. The van der Waals surface area contributed by atoms with Crippen molar-refractivity contribution in [3.63, 3.8) is 0 Å². The van der Waals surface area contributed by atoms with Crippen LogP contribution in [0.15, 0.2) is 78.9 Å². The number of amides is 1. The minimum Gasteiger partial charge on any atom is -0.454 e. The third kappa shape index (κ3) is 2.90. The number of carbonyl (C=O) groups is 1. The number of hydrogen-bond donors (Lipinski definition) is 1. The third-order valence-corrected chi connectivity index (χ3v) is 4.70. The molecule has 1 heterocycles. The van der Waals surface area contributed by atoms with Crippen LogP contribution in [0.5, 0.6) is 11.5 Å². The second-order valence-corrected chi connectivity index (χ2v) is 6.38. The highest BCUT2D eigenvalue weighted by atomic mass is 16.7. The molecule has 0 saturated heterocycles. The maximum absolute atomic E-state index is 13.0. The normalized spacial score (nSPS) is 12.7. The first-order valence-electron chi connectivity index (χ1n) is 8.50. The van der Waals surface area contributed by atoms with E-state index in [2.05, 4.69) is 5.32 Å². The first kappa shape index (κ1) is 16.2. The summed E-state index contributed by atoms with van der Waals surface area (Å²) < 4.78 is 10.7. The fourth-order valence-electron chi connectivity index (χ4n) is 3.19. The van der Waals surface area contributed by atoms with Crippen LogP contribution < -0.4 is 14.8 Å². The lowest BCUT2D eigenvalue weighted by atomic mass is 9.84. The Kier molecular flexibility index (Phi) is 4.09. The zero-order valence-electron chi connectivity index (χ0n) is 14.4. The molecule has 0 spiro atoms. The summed E-state index contributed by atoms with van der Waals surface area (Å²) in [6, 6.07) is 25.1. The topological polar surface area (TPSA) is 47.6 Å². The van der Waals surface area contributed by atoms with Crippen LogP contribution >= 0.6 is 0 Å². The van der Waals surface area contributed by atoms with Crippen LogP contribution in [0, 0.1) is 0 Å². The molecule has 0 unspecified atom stereocenters. The van der Waals surface area contributed by atoms with E-state index in [1.165, 1.54) is 0 Å². The van der Waals surface area contributed by atoms with Gasteiger partial charge < -0.3 is 14.8 Å². The molecule has 1 aliphatic heterocycles. The van der Waals surface area contributed by atoms with E-state index in [1.54, 1.807) is 18.2 Å². The fraction of sp³-hybridized carbons (Fsp3) is 0.136. The van der Waals surface area contributed by atoms with Crippen molar-refractivity contribution < 1.29 is 14.3 Å². The molecule has 0 radical (unpaired) electrons. The van der Waals surface area contributed by atoms with Crippen molar-refractivity contribution in [1.29, 1.82) is 0 Å². The van der Waals surface area contributed by atoms with Gasteiger partial charge in [0.2, 0.25) is 6.79 Å². The maximum Gasteiger partial charge on any atom is 0.252 e. The fourth-order valence-corrected chi connectivity index (χ4v) is 3.19. The minimum absolute atomic E-state index is 0.168. The number of hydrogen-bond acceptors (Lipinski definition) is 3. The van der Waals surface area contributed by atoms with Gasteiger partial charge in [-0.25, -0.2) is 0 Å². The van der Waals surface area contributed by atoms with Gasteiger partial charge in [0.25, 0.3) is 5.91 Å². The lowest BCUT2D eigenvalue weighted by Gasteiger charge is -2.32. The van der Waals surface area contributed by atoms with Crippen molar-refractivity contribution in [3.05, 3.63) is 95.6 Å². The number of carbonyl (C=O) groups excluding carboxylic acids is 1. The average Bonchev–Trinajstić information content (AvgIpc) is 3.17. The predicted octanol–water partition coefficient (Wildman–Crippen LogP) is 4.11. The quantitative estimate of drug-likeness (QED) is 0.774. The number of benzene rings is 3. The van der Waals surface area contributed by atoms with E-state index in [-0.39, 0.29) is 12.7 Å². The number of rotatable bonds is 4. The molecular weight excluding hydrogens is 326 g/mol. The highest BCUT2D eigenvalue weighted by molar-refractivity contribution is 5.95. The van der Waals surface area contributed by atoms with Crippen molar-refractivity contribution >= 4 is 5.91 Å². The molecule has 130 valence electrons. The molecule has 4 heteroatoms. The molecule has 1 amide bonds. The van der Waals surface area contributed by atoms with E-state index in [0.717, 1.165) is 11.1 Å². The van der Waals surface area contributed by atoms with E-state index in [9.17, 15) is 4.79 Å². The number of nitrogens with one attached hydrogen (secondary N) is 1. The summed E-state index contributed by atoms with van der Waals surface area (Å²) >= 11 is 0. The van der Waals surface area contributed by atoms with Gasteiger partial charge in [-0.15, -0.1) is 0 Å². The summed E-state index contributed by atoms with van der Waals surface area (Å²) in [5, 5.41) is 3.20. The van der Waals surface area contributed by atoms with E-state index < -0.39 is 5.54 Å². The molecule has 0 bridgehead atoms. The Labute approximate surface area is 152 Å². The van der Waals surface area contributed by atoms with Crippen LogP contribution in [0.4, 0.5) is 0 Å². The first-order chi connectivity index (χ1) is 12.7. The Balaban J connectivity index is 1.70. The van der Waals surface area contributed by atoms with Gasteiger partial charge >= 0.3 is 0 Å². The summed E-state index contributed by atoms with van der Waals surface area (Å²) in [6.45, 7) is 2.20.